The Hall–Kier alpha value is -2.07. The van der Waals surface area contributed by atoms with Crippen molar-refractivity contribution in [2.75, 3.05) is 0 Å². The molecule has 3 rings (SSSR count). The van der Waals surface area contributed by atoms with Crippen molar-refractivity contribution in [1.82, 2.24) is 14.6 Å². The van der Waals surface area contributed by atoms with Crippen molar-refractivity contribution in [2.24, 2.45) is 0 Å². The predicted octanol–water partition coefficient (Wildman–Crippen LogP) is 3.88. The van der Waals surface area contributed by atoms with E-state index in [1.54, 1.807) is 22.7 Å². The molecule has 0 aliphatic carbocycles. The number of aromatic hydroxyl groups is 1. The maximum Gasteiger partial charge on any atom is 0.155 e. The third kappa shape index (κ3) is 2.23. The minimum Gasteiger partial charge on any atom is -0.508 e. The standard InChI is InChI=1S/C15H14ClN3O/c1-9(2)15-17-14-6-3-10(8-19(14)18-15)12-7-11(20)4-5-13(12)16/h3-9,20H,1-2H3. The number of pyridine rings is 1. The van der Waals surface area contributed by atoms with E-state index in [4.69, 9.17) is 11.6 Å². The van der Waals surface area contributed by atoms with E-state index in [9.17, 15) is 5.11 Å². The first-order chi connectivity index (χ1) is 9.54. The molecule has 4 nitrogen and oxygen atoms in total. The summed E-state index contributed by atoms with van der Waals surface area (Å²) in [7, 11) is 0. The van der Waals surface area contributed by atoms with Gasteiger partial charge < -0.3 is 5.11 Å². The number of phenolic OH excluding ortho intramolecular Hbond substituents is 1. The van der Waals surface area contributed by atoms with E-state index in [0.717, 1.165) is 22.6 Å². The van der Waals surface area contributed by atoms with Gasteiger partial charge in [-0.05, 0) is 30.3 Å². The third-order valence-corrected chi connectivity index (χ3v) is 3.45. The van der Waals surface area contributed by atoms with Crippen molar-refractivity contribution < 1.29 is 5.11 Å². The number of aromatic nitrogens is 3. The van der Waals surface area contributed by atoms with Crippen LogP contribution in [-0.4, -0.2) is 19.7 Å². The number of benzene rings is 1. The topological polar surface area (TPSA) is 50.4 Å². The second-order valence-corrected chi connectivity index (χ2v) is 5.42. The van der Waals surface area contributed by atoms with Gasteiger partial charge in [0.1, 0.15) is 5.75 Å². The van der Waals surface area contributed by atoms with E-state index in [1.807, 2.05) is 18.3 Å². The number of nitrogens with zero attached hydrogens (tertiary/aromatic N) is 3. The zero-order valence-electron chi connectivity index (χ0n) is 11.2. The molecule has 0 bridgehead atoms. The van der Waals surface area contributed by atoms with Gasteiger partial charge in [-0.15, -0.1) is 0 Å². The van der Waals surface area contributed by atoms with E-state index < -0.39 is 0 Å². The molecule has 0 spiro atoms. The van der Waals surface area contributed by atoms with Crippen molar-refractivity contribution in [3.63, 3.8) is 0 Å². The second-order valence-electron chi connectivity index (χ2n) is 5.01. The Labute approximate surface area is 121 Å². The van der Waals surface area contributed by atoms with Gasteiger partial charge in [0.25, 0.3) is 0 Å². The lowest BCUT2D eigenvalue weighted by atomic mass is 10.1. The van der Waals surface area contributed by atoms with Crippen LogP contribution in [0.15, 0.2) is 36.5 Å². The average molecular weight is 288 g/mol. The Kier molecular flexibility index (Phi) is 3.10. The van der Waals surface area contributed by atoms with Crippen molar-refractivity contribution in [3.05, 3.63) is 47.4 Å². The van der Waals surface area contributed by atoms with Crippen LogP contribution in [0.2, 0.25) is 5.02 Å². The Morgan fingerprint density at radius 1 is 1.20 bits per heavy atom. The molecule has 102 valence electrons. The van der Waals surface area contributed by atoms with Gasteiger partial charge in [0, 0.05) is 28.3 Å². The fourth-order valence-corrected chi connectivity index (χ4v) is 2.27. The van der Waals surface area contributed by atoms with Gasteiger partial charge >= 0.3 is 0 Å². The van der Waals surface area contributed by atoms with Crippen LogP contribution in [0, 0.1) is 0 Å². The summed E-state index contributed by atoms with van der Waals surface area (Å²) in [5.41, 5.74) is 2.46. The second kappa shape index (κ2) is 4.80. The van der Waals surface area contributed by atoms with E-state index in [-0.39, 0.29) is 11.7 Å². The van der Waals surface area contributed by atoms with Crippen molar-refractivity contribution >= 4 is 17.2 Å². The zero-order valence-corrected chi connectivity index (χ0v) is 12.0. The third-order valence-electron chi connectivity index (χ3n) is 3.12. The average Bonchev–Trinajstić information content (AvgIpc) is 2.84. The summed E-state index contributed by atoms with van der Waals surface area (Å²) in [5, 5.41) is 14.6. The van der Waals surface area contributed by atoms with Gasteiger partial charge in [0.05, 0.1) is 0 Å². The summed E-state index contributed by atoms with van der Waals surface area (Å²) in [6, 6.07) is 8.71. The van der Waals surface area contributed by atoms with Crippen LogP contribution < -0.4 is 0 Å². The highest BCUT2D eigenvalue weighted by molar-refractivity contribution is 6.33. The lowest BCUT2D eigenvalue weighted by molar-refractivity contribution is 0.475. The Morgan fingerprint density at radius 3 is 2.75 bits per heavy atom. The smallest absolute Gasteiger partial charge is 0.155 e. The molecule has 0 aliphatic rings. The van der Waals surface area contributed by atoms with Gasteiger partial charge in [0.15, 0.2) is 11.5 Å². The van der Waals surface area contributed by atoms with Crippen LogP contribution in [0.25, 0.3) is 16.8 Å². The molecule has 20 heavy (non-hydrogen) atoms. The molecular weight excluding hydrogens is 274 g/mol. The molecule has 0 saturated carbocycles. The maximum absolute atomic E-state index is 9.60. The molecule has 1 N–H and O–H groups in total. The SMILES string of the molecule is CC(C)c1nc2ccc(-c3cc(O)ccc3Cl)cn2n1. The molecule has 2 heterocycles. The molecular formula is C15H14ClN3O. The molecule has 0 amide bonds. The van der Waals surface area contributed by atoms with Gasteiger partial charge in [-0.1, -0.05) is 25.4 Å². The Balaban J connectivity index is 2.15. The molecule has 2 aromatic heterocycles. The number of phenols is 1. The quantitative estimate of drug-likeness (QED) is 0.778. The van der Waals surface area contributed by atoms with Crippen LogP contribution in [0.3, 0.4) is 0 Å². The van der Waals surface area contributed by atoms with Crippen LogP contribution in [0.4, 0.5) is 0 Å². The van der Waals surface area contributed by atoms with Crippen molar-refractivity contribution in [1.29, 1.82) is 0 Å². The molecule has 1 aromatic carbocycles. The van der Waals surface area contributed by atoms with Crippen molar-refractivity contribution in [3.8, 4) is 16.9 Å². The van der Waals surface area contributed by atoms with Crippen LogP contribution >= 0.6 is 11.6 Å². The Bertz CT molecular complexity index is 780. The van der Waals surface area contributed by atoms with Crippen LogP contribution in [-0.2, 0) is 0 Å². The van der Waals surface area contributed by atoms with Gasteiger partial charge in [0.2, 0.25) is 0 Å². The van der Waals surface area contributed by atoms with E-state index in [2.05, 4.69) is 23.9 Å². The Morgan fingerprint density at radius 2 is 2.00 bits per heavy atom. The first-order valence-corrected chi connectivity index (χ1v) is 6.77. The van der Waals surface area contributed by atoms with E-state index in [0.29, 0.717) is 5.02 Å². The summed E-state index contributed by atoms with van der Waals surface area (Å²) in [6.45, 7) is 4.11. The van der Waals surface area contributed by atoms with Gasteiger partial charge in [-0.3, -0.25) is 0 Å². The zero-order chi connectivity index (χ0) is 14.3. The maximum atomic E-state index is 9.60. The number of halogens is 1. The highest BCUT2D eigenvalue weighted by atomic mass is 35.5. The highest BCUT2D eigenvalue weighted by Crippen LogP contribution is 2.31. The van der Waals surface area contributed by atoms with Crippen LogP contribution in [0.5, 0.6) is 5.75 Å². The summed E-state index contributed by atoms with van der Waals surface area (Å²) in [4.78, 5) is 4.46. The fourth-order valence-electron chi connectivity index (χ4n) is 2.04. The first kappa shape index (κ1) is 12.9. The minimum atomic E-state index is 0.186. The summed E-state index contributed by atoms with van der Waals surface area (Å²) >= 11 is 6.18. The summed E-state index contributed by atoms with van der Waals surface area (Å²) < 4.78 is 1.74. The molecule has 0 fully saturated rings. The summed E-state index contributed by atoms with van der Waals surface area (Å²) in [5.74, 6) is 1.28. The van der Waals surface area contributed by atoms with Crippen LogP contribution in [0.1, 0.15) is 25.6 Å². The molecule has 3 aromatic rings. The predicted molar refractivity (Wildman–Crippen MR) is 79.2 cm³/mol. The molecule has 0 unspecified atom stereocenters. The molecule has 0 atom stereocenters. The fraction of sp³-hybridized carbons (Fsp3) is 0.200. The lowest BCUT2D eigenvalue weighted by Crippen LogP contribution is -1.92. The number of fused-ring (bicyclic) bond motifs is 1. The first-order valence-electron chi connectivity index (χ1n) is 6.40. The van der Waals surface area contributed by atoms with Gasteiger partial charge in [-0.25, -0.2) is 9.50 Å². The molecule has 5 heteroatoms. The molecule has 0 radical (unpaired) electrons. The van der Waals surface area contributed by atoms with E-state index >= 15 is 0 Å². The minimum absolute atomic E-state index is 0.186. The van der Waals surface area contributed by atoms with Gasteiger partial charge in [-0.2, -0.15) is 5.10 Å². The van der Waals surface area contributed by atoms with E-state index in [1.165, 1.54) is 0 Å². The molecule has 0 saturated heterocycles. The molecule has 0 aliphatic heterocycles. The largest absolute Gasteiger partial charge is 0.508 e. The lowest BCUT2D eigenvalue weighted by Gasteiger charge is -2.05. The monoisotopic (exact) mass is 287 g/mol. The number of hydrogen-bond acceptors (Lipinski definition) is 3. The number of rotatable bonds is 2. The summed E-state index contributed by atoms with van der Waals surface area (Å²) in [6.07, 6.45) is 1.87. The normalized spacial score (nSPS) is 11.4. The van der Waals surface area contributed by atoms with Crippen molar-refractivity contribution in [2.45, 2.75) is 19.8 Å². The highest BCUT2D eigenvalue weighted by Gasteiger charge is 2.10. The number of hydrogen-bond donors (Lipinski definition) is 1.